The number of carbonyl (C=O) groups is 2. The van der Waals surface area contributed by atoms with E-state index in [4.69, 9.17) is 0 Å². The molecule has 3 heterocycles. The Morgan fingerprint density at radius 3 is 2.47 bits per heavy atom. The maximum absolute atomic E-state index is 14.2. The van der Waals surface area contributed by atoms with Gasteiger partial charge >= 0.3 is 6.03 Å². The molecule has 0 radical (unpaired) electrons. The van der Waals surface area contributed by atoms with Crippen molar-refractivity contribution in [2.45, 2.75) is 12.1 Å². The number of anilines is 1. The van der Waals surface area contributed by atoms with Gasteiger partial charge in [-0.25, -0.2) is 18.7 Å². The molecule has 0 unspecified atom stereocenters. The fraction of sp³-hybridized carbons (Fsp3) is 0.200. The van der Waals surface area contributed by atoms with Crippen LogP contribution in [0.2, 0.25) is 0 Å². The Morgan fingerprint density at radius 1 is 1.07 bits per heavy atom. The summed E-state index contributed by atoms with van der Waals surface area (Å²) in [5.74, 6) is -1.51. The third kappa shape index (κ3) is 2.56. The number of carbonyl (C=O) groups excluding carboxylic acids is 2. The maximum atomic E-state index is 14.2. The third-order valence-electron chi connectivity index (χ3n) is 5.47. The Balaban J connectivity index is 1.79. The minimum absolute atomic E-state index is 0.0532. The predicted octanol–water partition coefficient (Wildman–Crippen LogP) is 2.30. The van der Waals surface area contributed by atoms with E-state index in [1.54, 1.807) is 0 Å². The molecular formula is C20H15F2N5O3. The van der Waals surface area contributed by atoms with Gasteiger partial charge in [0.2, 0.25) is 0 Å². The molecule has 1 aromatic heterocycles. The number of hydrogen-bond acceptors (Lipinski definition) is 5. The summed E-state index contributed by atoms with van der Waals surface area (Å²) in [4.78, 5) is 40.1. The van der Waals surface area contributed by atoms with Crippen LogP contribution in [-0.4, -0.2) is 45.5 Å². The van der Waals surface area contributed by atoms with E-state index in [0.29, 0.717) is 16.6 Å². The molecular weight excluding hydrogens is 396 g/mol. The average molecular weight is 411 g/mol. The molecule has 0 saturated carbocycles. The van der Waals surface area contributed by atoms with Gasteiger partial charge in [-0.3, -0.25) is 14.5 Å². The summed E-state index contributed by atoms with van der Waals surface area (Å²) in [6.45, 7) is -0.103. The zero-order chi connectivity index (χ0) is 21.2. The van der Waals surface area contributed by atoms with Gasteiger partial charge in [-0.1, -0.05) is 12.1 Å². The highest BCUT2D eigenvalue weighted by Crippen LogP contribution is 2.46. The van der Waals surface area contributed by atoms with Crippen LogP contribution in [0.4, 0.5) is 19.3 Å². The fourth-order valence-electron chi connectivity index (χ4n) is 4.14. The molecule has 30 heavy (non-hydrogen) atoms. The molecule has 2 aliphatic heterocycles. The lowest BCUT2D eigenvalue weighted by molar-refractivity contribution is -0.127. The van der Waals surface area contributed by atoms with Crippen molar-refractivity contribution in [2.24, 2.45) is 0 Å². The van der Waals surface area contributed by atoms with Crippen LogP contribution in [0.5, 0.6) is 0 Å². The molecule has 0 bridgehead atoms. The number of nitrogens with one attached hydrogen (secondary N) is 2. The fourth-order valence-corrected chi connectivity index (χ4v) is 4.14. The number of H-pyrrole nitrogens is 1. The molecule has 2 N–H and O–H groups in total. The van der Waals surface area contributed by atoms with Crippen LogP contribution in [0.25, 0.3) is 10.8 Å². The molecule has 2 atom stereocenters. The number of imide groups is 1. The van der Waals surface area contributed by atoms with Gasteiger partial charge in [-0.05, 0) is 29.8 Å². The number of aromatic amines is 1. The topological polar surface area (TPSA) is 98.4 Å². The quantitative estimate of drug-likeness (QED) is 0.631. The molecule has 1 fully saturated rings. The maximum Gasteiger partial charge on any atom is 0.327 e. The molecule has 3 aromatic rings. The van der Waals surface area contributed by atoms with Gasteiger partial charge < -0.3 is 10.2 Å². The van der Waals surface area contributed by atoms with E-state index in [9.17, 15) is 23.2 Å². The third-order valence-corrected chi connectivity index (χ3v) is 5.47. The van der Waals surface area contributed by atoms with Crippen molar-refractivity contribution in [3.63, 3.8) is 0 Å². The second-order valence-corrected chi connectivity index (χ2v) is 7.33. The molecule has 3 amide bonds. The number of rotatable bonds is 2. The van der Waals surface area contributed by atoms with Crippen LogP contribution >= 0.6 is 0 Å². The predicted molar refractivity (Wildman–Crippen MR) is 103 cm³/mol. The van der Waals surface area contributed by atoms with Crippen molar-refractivity contribution in [1.29, 1.82) is 0 Å². The first kappa shape index (κ1) is 18.2. The highest BCUT2D eigenvalue weighted by molar-refractivity contribution is 6.04. The van der Waals surface area contributed by atoms with Crippen molar-refractivity contribution in [1.82, 2.24) is 20.0 Å². The standard InChI is InChI=1S/C20H15F2N5O3/c1-26-8-14(28)27(20(26)30)18-16(9-2-4-10(21)5-3-9)23-13-7-11(22)6-12-15(13)17(18)24-25-19(12)29/h2-7,16,18,23H,8H2,1H3,(H,25,29)/t16-,18-/m0/s1. The monoisotopic (exact) mass is 411 g/mol. The van der Waals surface area contributed by atoms with Crippen molar-refractivity contribution in [2.75, 3.05) is 18.9 Å². The zero-order valence-electron chi connectivity index (χ0n) is 15.6. The minimum Gasteiger partial charge on any atom is -0.375 e. The van der Waals surface area contributed by atoms with Crippen LogP contribution in [0.3, 0.4) is 0 Å². The van der Waals surface area contributed by atoms with E-state index in [2.05, 4.69) is 15.5 Å². The van der Waals surface area contributed by atoms with Gasteiger partial charge in [0.15, 0.2) is 0 Å². The molecule has 1 saturated heterocycles. The van der Waals surface area contributed by atoms with E-state index in [0.717, 1.165) is 11.0 Å². The number of nitrogens with zero attached hydrogens (tertiary/aromatic N) is 3. The normalized spacial score (nSPS) is 20.8. The van der Waals surface area contributed by atoms with Gasteiger partial charge in [0, 0.05) is 18.1 Å². The Labute approximate surface area is 168 Å². The van der Waals surface area contributed by atoms with Crippen molar-refractivity contribution < 1.29 is 18.4 Å². The van der Waals surface area contributed by atoms with Gasteiger partial charge in [0.25, 0.3) is 11.5 Å². The van der Waals surface area contributed by atoms with Gasteiger partial charge in [-0.2, -0.15) is 5.10 Å². The van der Waals surface area contributed by atoms with Crippen LogP contribution in [0.1, 0.15) is 23.3 Å². The summed E-state index contributed by atoms with van der Waals surface area (Å²) in [5.41, 5.74) is 0.528. The number of amides is 3. The number of hydrogen-bond donors (Lipinski definition) is 2. The molecule has 8 nitrogen and oxygen atoms in total. The lowest BCUT2D eigenvalue weighted by Crippen LogP contribution is -2.43. The molecule has 10 heteroatoms. The van der Waals surface area contributed by atoms with E-state index < -0.39 is 41.2 Å². The zero-order valence-corrected chi connectivity index (χ0v) is 15.6. The second kappa shape index (κ2) is 6.34. The van der Waals surface area contributed by atoms with Gasteiger partial charge in [0.1, 0.15) is 24.2 Å². The highest BCUT2D eigenvalue weighted by atomic mass is 19.1. The Kier molecular flexibility index (Phi) is 3.85. The Bertz CT molecular complexity index is 1270. The first-order valence-electron chi connectivity index (χ1n) is 9.16. The molecule has 2 aromatic carbocycles. The summed E-state index contributed by atoms with van der Waals surface area (Å²) in [7, 11) is 1.50. The number of urea groups is 1. The molecule has 0 spiro atoms. The van der Waals surface area contributed by atoms with Crippen LogP contribution < -0.4 is 10.9 Å². The lowest BCUT2D eigenvalue weighted by Gasteiger charge is -2.38. The summed E-state index contributed by atoms with van der Waals surface area (Å²) in [5, 5.41) is 9.99. The minimum atomic E-state index is -0.933. The van der Waals surface area contributed by atoms with Gasteiger partial charge in [-0.15, -0.1) is 0 Å². The average Bonchev–Trinajstić information content (AvgIpc) is 2.96. The van der Waals surface area contributed by atoms with Crippen molar-refractivity contribution in [3.8, 4) is 0 Å². The highest BCUT2D eigenvalue weighted by Gasteiger charge is 2.46. The van der Waals surface area contributed by atoms with E-state index in [1.807, 2.05) is 0 Å². The smallest absolute Gasteiger partial charge is 0.327 e. The lowest BCUT2D eigenvalue weighted by atomic mass is 9.88. The first-order valence-corrected chi connectivity index (χ1v) is 9.16. The summed E-state index contributed by atoms with van der Waals surface area (Å²) < 4.78 is 27.7. The first-order chi connectivity index (χ1) is 14.3. The van der Waals surface area contributed by atoms with Crippen molar-refractivity contribution >= 4 is 28.4 Å². The van der Waals surface area contributed by atoms with Gasteiger partial charge in [0.05, 0.1) is 17.1 Å². The van der Waals surface area contributed by atoms with Crippen LogP contribution in [0, 0.1) is 11.6 Å². The number of aromatic nitrogens is 2. The van der Waals surface area contributed by atoms with Crippen molar-refractivity contribution in [3.05, 3.63) is 69.6 Å². The Morgan fingerprint density at radius 2 is 1.80 bits per heavy atom. The second-order valence-electron chi connectivity index (χ2n) is 7.33. The van der Waals surface area contributed by atoms with E-state index in [-0.39, 0.29) is 17.6 Å². The van der Waals surface area contributed by atoms with E-state index in [1.165, 1.54) is 42.3 Å². The summed E-state index contributed by atoms with van der Waals surface area (Å²) in [6, 6.07) is 5.66. The summed E-state index contributed by atoms with van der Waals surface area (Å²) >= 11 is 0. The largest absolute Gasteiger partial charge is 0.375 e. The molecule has 152 valence electrons. The van der Waals surface area contributed by atoms with Crippen LogP contribution in [0.15, 0.2) is 41.2 Å². The summed E-state index contributed by atoms with van der Waals surface area (Å²) in [6.07, 6.45) is 0. The number of halogens is 2. The molecule has 0 aliphatic carbocycles. The Hall–Kier alpha value is -3.82. The SMILES string of the molecule is CN1CC(=O)N([C@@H]2c3n[nH]c(=O)c4cc(F)cc(c34)N[C@H]2c2ccc(F)cc2)C1=O. The number of likely N-dealkylation sites (N-methyl/N-ethyl adjacent to an activating group) is 1. The number of benzene rings is 2. The van der Waals surface area contributed by atoms with Crippen LogP contribution in [-0.2, 0) is 4.79 Å². The molecule has 5 rings (SSSR count). The molecule has 2 aliphatic rings. The van der Waals surface area contributed by atoms with E-state index >= 15 is 0 Å².